The molecule has 0 saturated carbocycles. The van der Waals surface area contributed by atoms with Gasteiger partial charge in [-0.1, -0.05) is 60.2 Å². The molecule has 0 heterocycles. The predicted octanol–water partition coefficient (Wildman–Crippen LogP) is 5.03. The van der Waals surface area contributed by atoms with Gasteiger partial charge < -0.3 is 9.47 Å². The van der Waals surface area contributed by atoms with Crippen molar-refractivity contribution in [2.45, 2.75) is 13.5 Å². The van der Waals surface area contributed by atoms with Gasteiger partial charge in [0, 0.05) is 5.56 Å². The molecule has 0 radical (unpaired) electrons. The zero-order valence-electron chi connectivity index (χ0n) is 14.4. The van der Waals surface area contributed by atoms with Gasteiger partial charge in [0.2, 0.25) is 0 Å². The van der Waals surface area contributed by atoms with Gasteiger partial charge in [-0.2, -0.15) is 0 Å². The summed E-state index contributed by atoms with van der Waals surface area (Å²) in [6.45, 7) is 2.17. The standard InChI is InChI=1S/C22H20O3/c1-16-12-13-21(24-2)18(14-16)15-25-22(23)20-11-7-6-10-19(20)17-8-4-3-5-9-17/h3-14H,15H2,1-2H3. The predicted molar refractivity (Wildman–Crippen MR) is 98.7 cm³/mol. The maximum Gasteiger partial charge on any atom is 0.339 e. The number of benzene rings is 3. The van der Waals surface area contributed by atoms with Gasteiger partial charge in [-0.25, -0.2) is 4.79 Å². The summed E-state index contributed by atoms with van der Waals surface area (Å²) in [7, 11) is 1.61. The maximum atomic E-state index is 12.6. The minimum absolute atomic E-state index is 0.173. The molecule has 3 rings (SSSR count). The van der Waals surface area contributed by atoms with Crippen LogP contribution in [0.3, 0.4) is 0 Å². The molecule has 126 valence electrons. The molecule has 0 aromatic heterocycles. The molecule has 0 fully saturated rings. The molecule has 3 aromatic carbocycles. The summed E-state index contributed by atoms with van der Waals surface area (Å²) >= 11 is 0. The van der Waals surface area contributed by atoms with Crippen molar-refractivity contribution in [3.05, 3.63) is 89.5 Å². The minimum Gasteiger partial charge on any atom is -0.496 e. The van der Waals surface area contributed by atoms with Crippen LogP contribution in [0.1, 0.15) is 21.5 Å². The fourth-order valence-electron chi connectivity index (χ4n) is 2.77. The molecule has 3 aromatic rings. The molecule has 3 heteroatoms. The van der Waals surface area contributed by atoms with Crippen LogP contribution in [0.15, 0.2) is 72.8 Å². The highest BCUT2D eigenvalue weighted by Crippen LogP contribution is 2.25. The van der Waals surface area contributed by atoms with Crippen LogP contribution in [0.25, 0.3) is 11.1 Å². The van der Waals surface area contributed by atoms with Crippen molar-refractivity contribution in [2.24, 2.45) is 0 Å². The zero-order valence-corrected chi connectivity index (χ0v) is 14.4. The smallest absolute Gasteiger partial charge is 0.339 e. The van der Waals surface area contributed by atoms with E-state index < -0.39 is 0 Å². The van der Waals surface area contributed by atoms with E-state index in [-0.39, 0.29) is 12.6 Å². The number of aryl methyl sites for hydroxylation is 1. The number of ether oxygens (including phenoxy) is 2. The van der Waals surface area contributed by atoms with Crippen LogP contribution in [0, 0.1) is 6.92 Å². The summed E-state index contributed by atoms with van der Waals surface area (Å²) in [5, 5.41) is 0. The summed E-state index contributed by atoms with van der Waals surface area (Å²) < 4.78 is 10.9. The van der Waals surface area contributed by atoms with Crippen molar-refractivity contribution in [3.8, 4) is 16.9 Å². The summed E-state index contributed by atoms with van der Waals surface area (Å²) in [4.78, 5) is 12.6. The van der Waals surface area contributed by atoms with Crippen LogP contribution < -0.4 is 4.74 Å². The molecule has 0 aliphatic rings. The fraction of sp³-hybridized carbons (Fsp3) is 0.136. The molecule has 0 unspecified atom stereocenters. The minimum atomic E-state index is -0.344. The molecule has 0 bridgehead atoms. The van der Waals surface area contributed by atoms with E-state index in [1.54, 1.807) is 13.2 Å². The summed E-state index contributed by atoms with van der Waals surface area (Å²) in [6, 6.07) is 23.1. The molecule has 0 amide bonds. The van der Waals surface area contributed by atoms with Gasteiger partial charge in [0.25, 0.3) is 0 Å². The molecular formula is C22H20O3. The first-order valence-electron chi connectivity index (χ1n) is 8.14. The summed E-state index contributed by atoms with van der Waals surface area (Å²) in [5.41, 5.74) is 4.36. The Kier molecular flexibility index (Phi) is 5.14. The lowest BCUT2D eigenvalue weighted by Gasteiger charge is -2.12. The van der Waals surface area contributed by atoms with Crippen LogP contribution in [-0.4, -0.2) is 13.1 Å². The number of carbonyl (C=O) groups is 1. The second-order valence-corrected chi connectivity index (χ2v) is 5.80. The third-order valence-corrected chi connectivity index (χ3v) is 4.03. The van der Waals surface area contributed by atoms with Gasteiger partial charge in [-0.15, -0.1) is 0 Å². The Balaban J connectivity index is 1.82. The largest absolute Gasteiger partial charge is 0.496 e. The van der Waals surface area contributed by atoms with Crippen molar-refractivity contribution in [2.75, 3.05) is 7.11 Å². The third kappa shape index (κ3) is 3.89. The topological polar surface area (TPSA) is 35.5 Å². The van der Waals surface area contributed by atoms with Crippen LogP contribution in [0.4, 0.5) is 0 Å². The third-order valence-electron chi connectivity index (χ3n) is 4.03. The maximum absolute atomic E-state index is 12.6. The Hall–Kier alpha value is -3.07. The molecule has 0 atom stereocenters. The van der Waals surface area contributed by atoms with E-state index in [1.165, 1.54) is 0 Å². The Morgan fingerprint density at radius 1 is 0.920 bits per heavy atom. The second-order valence-electron chi connectivity index (χ2n) is 5.80. The van der Waals surface area contributed by atoms with Crippen molar-refractivity contribution < 1.29 is 14.3 Å². The van der Waals surface area contributed by atoms with Crippen LogP contribution in [0.5, 0.6) is 5.75 Å². The van der Waals surface area contributed by atoms with Crippen molar-refractivity contribution in [1.29, 1.82) is 0 Å². The van der Waals surface area contributed by atoms with E-state index in [1.807, 2.05) is 73.7 Å². The Morgan fingerprint density at radius 2 is 1.64 bits per heavy atom. The van der Waals surface area contributed by atoms with E-state index in [2.05, 4.69) is 0 Å². The number of methoxy groups -OCH3 is 1. The monoisotopic (exact) mass is 332 g/mol. The second kappa shape index (κ2) is 7.67. The van der Waals surface area contributed by atoms with E-state index in [0.29, 0.717) is 5.56 Å². The van der Waals surface area contributed by atoms with Crippen molar-refractivity contribution >= 4 is 5.97 Å². The highest BCUT2D eigenvalue weighted by molar-refractivity contribution is 5.97. The van der Waals surface area contributed by atoms with Crippen LogP contribution >= 0.6 is 0 Å². The van der Waals surface area contributed by atoms with E-state index in [4.69, 9.17) is 9.47 Å². The number of hydrogen-bond donors (Lipinski definition) is 0. The van der Waals surface area contributed by atoms with Crippen molar-refractivity contribution in [1.82, 2.24) is 0 Å². The van der Waals surface area contributed by atoms with Crippen LogP contribution in [0.2, 0.25) is 0 Å². The Bertz CT molecular complexity index is 869. The molecule has 0 aliphatic heterocycles. The van der Waals surface area contributed by atoms with Gasteiger partial charge >= 0.3 is 5.97 Å². The molecule has 0 N–H and O–H groups in total. The van der Waals surface area contributed by atoms with Gasteiger partial charge in [-0.3, -0.25) is 0 Å². The summed E-state index contributed by atoms with van der Waals surface area (Å²) in [6.07, 6.45) is 0. The average molecular weight is 332 g/mol. The quantitative estimate of drug-likeness (QED) is 0.615. The first-order chi connectivity index (χ1) is 12.2. The number of rotatable bonds is 5. The van der Waals surface area contributed by atoms with Gasteiger partial charge in [0.15, 0.2) is 0 Å². The zero-order chi connectivity index (χ0) is 17.6. The molecule has 0 aliphatic carbocycles. The molecule has 0 saturated heterocycles. The molecule has 3 nitrogen and oxygen atoms in total. The SMILES string of the molecule is COc1ccc(C)cc1COC(=O)c1ccccc1-c1ccccc1. The normalized spacial score (nSPS) is 10.3. The van der Waals surface area contributed by atoms with Gasteiger partial charge in [0.05, 0.1) is 12.7 Å². The first-order valence-corrected chi connectivity index (χ1v) is 8.14. The van der Waals surface area contributed by atoms with Crippen molar-refractivity contribution in [3.63, 3.8) is 0 Å². The lowest BCUT2D eigenvalue weighted by molar-refractivity contribution is 0.0471. The van der Waals surface area contributed by atoms with E-state index >= 15 is 0 Å². The first kappa shape index (κ1) is 16.8. The molecule has 25 heavy (non-hydrogen) atoms. The van der Waals surface area contributed by atoms with Gasteiger partial charge in [-0.05, 0) is 36.2 Å². The molecular weight excluding hydrogens is 312 g/mol. The highest BCUT2D eigenvalue weighted by Gasteiger charge is 2.14. The summed E-state index contributed by atoms with van der Waals surface area (Å²) in [5.74, 6) is 0.373. The van der Waals surface area contributed by atoms with E-state index in [0.717, 1.165) is 28.0 Å². The number of esters is 1. The number of hydrogen-bond acceptors (Lipinski definition) is 3. The lowest BCUT2D eigenvalue weighted by Crippen LogP contribution is -2.07. The number of carbonyl (C=O) groups excluding carboxylic acids is 1. The Labute approximate surface area is 147 Å². The highest BCUT2D eigenvalue weighted by atomic mass is 16.5. The lowest BCUT2D eigenvalue weighted by atomic mass is 10.00. The van der Waals surface area contributed by atoms with Gasteiger partial charge in [0.1, 0.15) is 12.4 Å². The van der Waals surface area contributed by atoms with E-state index in [9.17, 15) is 4.79 Å². The van der Waals surface area contributed by atoms with Crippen LogP contribution in [-0.2, 0) is 11.3 Å². The fourth-order valence-corrected chi connectivity index (χ4v) is 2.77. The Morgan fingerprint density at radius 3 is 2.40 bits per heavy atom. The average Bonchev–Trinajstić information content (AvgIpc) is 2.67. The molecule has 0 spiro atoms.